The van der Waals surface area contributed by atoms with Crippen molar-refractivity contribution in [2.24, 2.45) is 7.05 Å². The lowest BCUT2D eigenvalue weighted by Gasteiger charge is -2.34. The van der Waals surface area contributed by atoms with Crippen LogP contribution < -0.4 is 14.4 Å². The molecule has 0 aliphatic carbocycles. The number of carbonyl (C=O) groups is 1. The molecule has 4 heterocycles. The van der Waals surface area contributed by atoms with Crippen LogP contribution in [0.1, 0.15) is 33.9 Å². The lowest BCUT2D eigenvalue weighted by atomic mass is 9.98. The van der Waals surface area contributed by atoms with E-state index in [0.717, 1.165) is 107 Å². The molecule has 1 N–H and O–H groups in total. The highest BCUT2D eigenvalue weighted by Gasteiger charge is 2.27. The van der Waals surface area contributed by atoms with Crippen LogP contribution in [-0.2, 0) is 31.4 Å². The second-order valence-corrected chi connectivity index (χ2v) is 15.0. The fraction of sp³-hybridized carbons (Fsp3) is 0.378. The summed E-state index contributed by atoms with van der Waals surface area (Å²) in [5.41, 5.74) is 7.02. The number of para-hydroxylation sites is 1. The van der Waals surface area contributed by atoms with E-state index in [1.165, 1.54) is 5.69 Å². The minimum atomic E-state index is -0.925. The SMILES string of the molecule is Cc1nn(C)c(COc2ccc(N3CCN(C)CC3)cc2)c1-c1cccc2c(CCCOc3cccc4ccccc34)c(C(=O)O)n(CCN3CCOCC3)c12. The largest absolute Gasteiger partial charge is 0.493 e. The maximum Gasteiger partial charge on any atom is 0.352 e. The molecule has 2 aromatic heterocycles. The molecule has 2 aliphatic rings. The van der Waals surface area contributed by atoms with Gasteiger partial charge >= 0.3 is 5.97 Å². The number of hydrogen-bond acceptors (Lipinski definition) is 8. The van der Waals surface area contributed by atoms with Gasteiger partial charge in [0.15, 0.2) is 0 Å². The Kier molecular flexibility index (Phi) is 11.3. The van der Waals surface area contributed by atoms with Crippen LogP contribution in [0.15, 0.2) is 84.9 Å². The van der Waals surface area contributed by atoms with E-state index in [9.17, 15) is 9.90 Å². The van der Waals surface area contributed by atoms with Crippen molar-refractivity contribution in [3.8, 4) is 22.6 Å². The molecule has 0 atom stereocenters. The third-order valence-electron chi connectivity index (χ3n) is 11.4. The first-order valence-electron chi connectivity index (χ1n) is 19.8. The van der Waals surface area contributed by atoms with Crippen molar-refractivity contribution in [3.05, 3.63) is 108 Å². The summed E-state index contributed by atoms with van der Waals surface area (Å²) >= 11 is 0. The summed E-state index contributed by atoms with van der Waals surface area (Å²) in [6.45, 7) is 11.2. The van der Waals surface area contributed by atoms with Crippen LogP contribution in [0.4, 0.5) is 5.69 Å². The van der Waals surface area contributed by atoms with Gasteiger partial charge in [0.25, 0.3) is 0 Å². The Balaban J connectivity index is 1.10. The van der Waals surface area contributed by atoms with Crippen LogP contribution in [0.5, 0.6) is 11.5 Å². The number of aromatic nitrogens is 3. The van der Waals surface area contributed by atoms with Gasteiger partial charge in [0.2, 0.25) is 0 Å². The number of likely N-dealkylation sites (N-methyl/N-ethyl adjacent to an activating group) is 1. The number of anilines is 1. The van der Waals surface area contributed by atoms with Gasteiger partial charge in [0.1, 0.15) is 23.8 Å². The van der Waals surface area contributed by atoms with Gasteiger partial charge in [0, 0.05) is 87.0 Å². The van der Waals surface area contributed by atoms with Gasteiger partial charge in [-0.25, -0.2) is 4.79 Å². The molecule has 8 rings (SSSR count). The molecule has 11 nitrogen and oxygen atoms in total. The summed E-state index contributed by atoms with van der Waals surface area (Å²) in [5.74, 6) is 0.705. The van der Waals surface area contributed by atoms with E-state index in [1.807, 2.05) is 65.7 Å². The predicted molar refractivity (Wildman–Crippen MR) is 221 cm³/mol. The van der Waals surface area contributed by atoms with Crippen molar-refractivity contribution < 1.29 is 24.1 Å². The van der Waals surface area contributed by atoms with Crippen LogP contribution in [0.3, 0.4) is 0 Å². The Labute approximate surface area is 328 Å². The molecule has 2 fully saturated rings. The minimum absolute atomic E-state index is 0.315. The van der Waals surface area contributed by atoms with Crippen LogP contribution >= 0.6 is 0 Å². The van der Waals surface area contributed by atoms with Gasteiger partial charge in [-0.2, -0.15) is 5.10 Å². The Morgan fingerprint density at radius 3 is 2.34 bits per heavy atom. The smallest absolute Gasteiger partial charge is 0.352 e. The van der Waals surface area contributed by atoms with E-state index in [1.54, 1.807) is 0 Å². The van der Waals surface area contributed by atoms with E-state index in [2.05, 4.69) is 64.2 Å². The van der Waals surface area contributed by atoms with Gasteiger partial charge in [-0.3, -0.25) is 9.58 Å². The van der Waals surface area contributed by atoms with E-state index in [0.29, 0.717) is 51.5 Å². The van der Waals surface area contributed by atoms with Gasteiger partial charge in [-0.05, 0) is 68.1 Å². The van der Waals surface area contributed by atoms with Crippen molar-refractivity contribution in [2.75, 3.05) is 77.6 Å². The number of rotatable bonds is 14. The highest BCUT2D eigenvalue weighted by Crippen LogP contribution is 2.39. The molecule has 2 saturated heterocycles. The van der Waals surface area contributed by atoms with Crippen molar-refractivity contribution in [1.82, 2.24) is 24.1 Å². The summed E-state index contributed by atoms with van der Waals surface area (Å²) in [5, 5.41) is 18.9. The van der Waals surface area contributed by atoms with Gasteiger partial charge < -0.3 is 33.7 Å². The first-order valence-corrected chi connectivity index (χ1v) is 19.8. The lowest BCUT2D eigenvalue weighted by Crippen LogP contribution is -2.44. The van der Waals surface area contributed by atoms with Crippen LogP contribution in [0.25, 0.3) is 32.8 Å². The molecular weight excluding hydrogens is 705 g/mol. The van der Waals surface area contributed by atoms with Gasteiger partial charge in [-0.15, -0.1) is 0 Å². The Hall–Kier alpha value is -5.36. The number of benzene rings is 4. The Bertz CT molecular complexity index is 2300. The van der Waals surface area contributed by atoms with E-state index < -0.39 is 5.97 Å². The maximum absolute atomic E-state index is 13.3. The average Bonchev–Trinajstić information content (AvgIpc) is 3.70. The van der Waals surface area contributed by atoms with Gasteiger partial charge in [-0.1, -0.05) is 54.6 Å². The summed E-state index contributed by atoms with van der Waals surface area (Å²) in [7, 11) is 4.12. The molecule has 0 radical (unpaired) electrons. The molecule has 0 amide bonds. The summed E-state index contributed by atoms with van der Waals surface area (Å²) in [6.07, 6.45) is 1.22. The summed E-state index contributed by atoms with van der Waals surface area (Å²) in [6, 6.07) is 28.9. The highest BCUT2D eigenvalue weighted by molar-refractivity contribution is 6.04. The predicted octanol–water partition coefficient (Wildman–Crippen LogP) is 6.88. The number of hydrogen-bond donors (Lipinski definition) is 1. The molecule has 2 aliphatic heterocycles. The van der Waals surface area contributed by atoms with E-state index in [-0.39, 0.29) is 0 Å². The topological polar surface area (TPSA) is 97.5 Å². The second kappa shape index (κ2) is 16.8. The number of nitrogens with zero attached hydrogens (tertiary/aromatic N) is 6. The Morgan fingerprint density at radius 1 is 0.821 bits per heavy atom. The zero-order valence-electron chi connectivity index (χ0n) is 32.7. The van der Waals surface area contributed by atoms with Crippen LogP contribution in [0, 0.1) is 6.92 Å². The number of aromatic carboxylic acids is 1. The molecule has 0 saturated carbocycles. The number of piperazine rings is 1. The number of ether oxygens (including phenoxy) is 3. The standard InChI is InChI=1S/C45H52N6O5/c1-32-42(40(48(3)46-32)31-56-35-18-16-34(17-19-35)50-23-20-47(2)21-24-50)39-13-7-12-37-38(14-8-28-55-41-15-6-10-33-9-4-5-11-36(33)41)44(45(52)53)51(43(37)39)25-22-49-26-29-54-30-27-49/h4-7,9-13,15-19H,8,14,20-31H2,1-3H3,(H,52,53). The number of morpholine rings is 1. The molecule has 0 unspecified atom stereocenters. The molecular formula is C45H52N6O5. The minimum Gasteiger partial charge on any atom is -0.493 e. The monoisotopic (exact) mass is 756 g/mol. The molecule has 6 aromatic rings. The highest BCUT2D eigenvalue weighted by atomic mass is 16.5. The molecule has 0 spiro atoms. The number of fused-ring (bicyclic) bond motifs is 2. The van der Waals surface area contributed by atoms with E-state index >= 15 is 0 Å². The first kappa shape index (κ1) is 37.6. The van der Waals surface area contributed by atoms with E-state index in [4.69, 9.17) is 19.3 Å². The molecule has 292 valence electrons. The van der Waals surface area contributed by atoms with Crippen molar-refractivity contribution >= 4 is 33.3 Å². The number of aryl methyl sites for hydroxylation is 3. The van der Waals surface area contributed by atoms with Crippen molar-refractivity contribution in [1.29, 1.82) is 0 Å². The number of carboxylic acid groups (broad SMARTS) is 1. The first-order chi connectivity index (χ1) is 27.4. The fourth-order valence-electron chi connectivity index (χ4n) is 8.41. The number of carboxylic acids is 1. The third-order valence-corrected chi connectivity index (χ3v) is 11.4. The maximum atomic E-state index is 13.3. The lowest BCUT2D eigenvalue weighted by molar-refractivity contribution is 0.0362. The quantitative estimate of drug-likeness (QED) is 0.119. The van der Waals surface area contributed by atoms with Crippen LogP contribution in [0.2, 0.25) is 0 Å². The normalized spacial score (nSPS) is 15.5. The second-order valence-electron chi connectivity index (χ2n) is 15.0. The van der Waals surface area contributed by atoms with Crippen molar-refractivity contribution in [2.45, 2.75) is 32.9 Å². The average molecular weight is 757 g/mol. The summed E-state index contributed by atoms with van der Waals surface area (Å²) < 4.78 is 22.3. The molecule has 56 heavy (non-hydrogen) atoms. The molecule has 11 heteroatoms. The Morgan fingerprint density at radius 2 is 1.55 bits per heavy atom. The zero-order chi connectivity index (χ0) is 38.6. The summed E-state index contributed by atoms with van der Waals surface area (Å²) in [4.78, 5) is 20.4. The third kappa shape index (κ3) is 7.84. The zero-order valence-corrected chi connectivity index (χ0v) is 32.7. The fourth-order valence-corrected chi connectivity index (χ4v) is 8.41. The molecule has 4 aromatic carbocycles. The van der Waals surface area contributed by atoms with Crippen molar-refractivity contribution in [3.63, 3.8) is 0 Å². The van der Waals surface area contributed by atoms with Gasteiger partial charge in [0.05, 0.1) is 36.7 Å². The molecule has 0 bridgehead atoms. The van der Waals surface area contributed by atoms with Crippen LogP contribution in [-0.4, -0.2) is 108 Å².